The summed E-state index contributed by atoms with van der Waals surface area (Å²) in [7, 11) is 0. The molecule has 0 radical (unpaired) electrons. The normalized spacial score (nSPS) is 14.3. The molecule has 2 heterocycles. The average Bonchev–Trinajstić information content (AvgIpc) is 2.90. The number of hydrogen-bond donors (Lipinski definition) is 0. The van der Waals surface area contributed by atoms with Crippen LogP contribution in [0.4, 0.5) is 5.69 Å². The van der Waals surface area contributed by atoms with Crippen LogP contribution in [0, 0.1) is 13.8 Å². The van der Waals surface area contributed by atoms with E-state index in [-0.39, 0.29) is 5.56 Å². The van der Waals surface area contributed by atoms with Gasteiger partial charge in [-0.2, -0.15) is 0 Å². The molecule has 25 heavy (non-hydrogen) atoms. The van der Waals surface area contributed by atoms with Crippen molar-refractivity contribution in [1.29, 1.82) is 0 Å². The monoisotopic (exact) mass is 349 g/mol. The standard InChI is InChI=1S/C20H19N3OS/c1-14-8-15(2)10-17(9-14)22-12-21-20-23(13-22)19(24)18(25-20)11-16-6-4-3-5-7-16/h3-11H,12-13H2,1-2H3. The quantitative estimate of drug-likeness (QED) is 0.713. The maximum absolute atomic E-state index is 12.8. The molecule has 2 aromatic carbocycles. The number of nitrogens with zero attached hydrogens (tertiary/aromatic N) is 3. The second kappa shape index (κ2) is 6.33. The first-order chi connectivity index (χ1) is 12.1. The van der Waals surface area contributed by atoms with Gasteiger partial charge in [-0.3, -0.25) is 9.36 Å². The van der Waals surface area contributed by atoms with Crippen molar-refractivity contribution in [2.24, 2.45) is 4.99 Å². The second-order valence-electron chi connectivity index (χ2n) is 6.36. The number of thiazole rings is 1. The van der Waals surface area contributed by atoms with Gasteiger partial charge in [-0.15, -0.1) is 0 Å². The minimum atomic E-state index is 0.0293. The molecule has 0 saturated heterocycles. The van der Waals surface area contributed by atoms with Gasteiger partial charge in [0.25, 0.3) is 5.56 Å². The van der Waals surface area contributed by atoms with Crippen LogP contribution in [0.15, 0.2) is 58.3 Å². The molecule has 1 aliphatic rings. The highest BCUT2D eigenvalue weighted by Gasteiger charge is 2.16. The topological polar surface area (TPSA) is 37.6 Å². The lowest BCUT2D eigenvalue weighted by Gasteiger charge is -2.26. The van der Waals surface area contributed by atoms with Gasteiger partial charge in [0.05, 0.1) is 4.53 Å². The fraction of sp³-hybridized carbons (Fsp3) is 0.200. The van der Waals surface area contributed by atoms with Gasteiger partial charge in [-0.05, 0) is 48.7 Å². The molecule has 0 unspecified atom stereocenters. The van der Waals surface area contributed by atoms with Gasteiger partial charge in [0.2, 0.25) is 0 Å². The summed E-state index contributed by atoms with van der Waals surface area (Å²) in [4.78, 5) is 20.3. The molecule has 0 fully saturated rings. The smallest absolute Gasteiger partial charge is 0.271 e. The lowest BCUT2D eigenvalue weighted by Crippen LogP contribution is -2.42. The van der Waals surface area contributed by atoms with Gasteiger partial charge in [-0.25, -0.2) is 4.99 Å². The third-order valence-corrected chi connectivity index (χ3v) is 5.29. The van der Waals surface area contributed by atoms with Crippen LogP contribution in [-0.4, -0.2) is 11.2 Å². The molecular formula is C20H19N3OS. The summed E-state index contributed by atoms with van der Waals surface area (Å²) >= 11 is 1.46. The van der Waals surface area contributed by atoms with E-state index in [9.17, 15) is 4.79 Å². The maximum atomic E-state index is 12.8. The van der Waals surface area contributed by atoms with Crippen molar-refractivity contribution in [1.82, 2.24) is 4.57 Å². The van der Waals surface area contributed by atoms with Crippen LogP contribution in [0.5, 0.6) is 0 Å². The summed E-state index contributed by atoms with van der Waals surface area (Å²) in [5, 5.41) is 0. The number of hydrogen-bond acceptors (Lipinski definition) is 4. The lowest BCUT2D eigenvalue weighted by atomic mass is 10.1. The van der Waals surface area contributed by atoms with E-state index in [1.165, 1.54) is 22.5 Å². The number of aromatic nitrogens is 1. The van der Waals surface area contributed by atoms with Gasteiger partial charge in [-0.1, -0.05) is 47.7 Å². The predicted octanol–water partition coefficient (Wildman–Crippen LogP) is 2.41. The van der Waals surface area contributed by atoms with E-state index < -0.39 is 0 Å². The Balaban J connectivity index is 1.73. The highest BCUT2D eigenvalue weighted by Crippen LogP contribution is 2.19. The summed E-state index contributed by atoms with van der Waals surface area (Å²) in [6, 6.07) is 16.4. The Bertz CT molecular complexity index is 1080. The molecule has 0 bridgehead atoms. The molecule has 4 rings (SSSR count). The largest absolute Gasteiger partial charge is 0.334 e. The SMILES string of the molecule is Cc1cc(C)cc(N2CN=c3sc(=Cc4ccccc4)c(=O)n3C2)c1. The molecule has 0 saturated carbocycles. The summed E-state index contributed by atoms with van der Waals surface area (Å²) in [5.74, 6) is 0. The van der Waals surface area contributed by atoms with E-state index in [4.69, 9.17) is 0 Å². The van der Waals surface area contributed by atoms with Gasteiger partial charge < -0.3 is 4.90 Å². The van der Waals surface area contributed by atoms with Gasteiger partial charge in [0, 0.05) is 5.69 Å². The maximum Gasteiger partial charge on any atom is 0.271 e. The average molecular weight is 349 g/mol. The summed E-state index contributed by atoms with van der Waals surface area (Å²) in [6.45, 7) is 5.30. The predicted molar refractivity (Wildman–Crippen MR) is 103 cm³/mol. The van der Waals surface area contributed by atoms with Crippen LogP contribution in [-0.2, 0) is 6.67 Å². The Labute approximate surface area is 150 Å². The molecule has 1 aromatic heterocycles. The summed E-state index contributed by atoms with van der Waals surface area (Å²) in [5.41, 5.74) is 4.61. The van der Waals surface area contributed by atoms with Crippen LogP contribution in [0.2, 0.25) is 0 Å². The Morgan fingerprint density at radius 3 is 2.52 bits per heavy atom. The highest BCUT2D eigenvalue weighted by molar-refractivity contribution is 7.07. The lowest BCUT2D eigenvalue weighted by molar-refractivity contribution is 0.569. The van der Waals surface area contributed by atoms with E-state index >= 15 is 0 Å². The van der Waals surface area contributed by atoms with E-state index in [0.29, 0.717) is 13.3 Å². The van der Waals surface area contributed by atoms with Crippen LogP contribution < -0.4 is 19.8 Å². The van der Waals surface area contributed by atoms with Gasteiger partial charge in [0.15, 0.2) is 4.80 Å². The van der Waals surface area contributed by atoms with Crippen molar-refractivity contribution in [3.63, 3.8) is 0 Å². The van der Waals surface area contributed by atoms with Crippen molar-refractivity contribution in [3.8, 4) is 0 Å². The number of anilines is 1. The molecule has 5 heteroatoms. The first kappa shape index (κ1) is 15.8. The van der Waals surface area contributed by atoms with Crippen LogP contribution >= 0.6 is 11.3 Å². The minimum absolute atomic E-state index is 0.0293. The van der Waals surface area contributed by atoms with Crippen LogP contribution in [0.1, 0.15) is 16.7 Å². The molecule has 126 valence electrons. The number of fused-ring (bicyclic) bond motifs is 1. The molecular weight excluding hydrogens is 330 g/mol. The summed E-state index contributed by atoms with van der Waals surface area (Å²) in [6.07, 6.45) is 1.94. The Kier molecular flexibility index (Phi) is 4.01. The van der Waals surface area contributed by atoms with Crippen LogP contribution in [0.3, 0.4) is 0 Å². The fourth-order valence-electron chi connectivity index (χ4n) is 3.11. The van der Waals surface area contributed by atoms with Crippen molar-refractivity contribution in [3.05, 3.63) is 84.9 Å². The zero-order chi connectivity index (χ0) is 17.4. The first-order valence-electron chi connectivity index (χ1n) is 8.24. The van der Waals surface area contributed by atoms with Gasteiger partial charge >= 0.3 is 0 Å². The van der Waals surface area contributed by atoms with Crippen molar-refractivity contribution < 1.29 is 0 Å². The molecule has 1 aliphatic heterocycles. The molecule has 0 spiro atoms. The molecule has 0 amide bonds. The Morgan fingerprint density at radius 2 is 1.80 bits per heavy atom. The third-order valence-electron chi connectivity index (χ3n) is 4.25. The fourth-order valence-corrected chi connectivity index (χ4v) is 4.07. The number of aryl methyl sites for hydroxylation is 2. The molecule has 0 atom stereocenters. The molecule has 0 N–H and O–H groups in total. The number of rotatable bonds is 2. The van der Waals surface area contributed by atoms with E-state index in [0.717, 1.165) is 20.6 Å². The van der Waals surface area contributed by atoms with E-state index in [2.05, 4.69) is 41.9 Å². The Hall–Kier alpha value is -2.66. The highest BCUT2D eigenvalue weighted by atomic mass is 32.1. The number of benzene rings is 2. The van der Waals surface area contributed by atoms with Crippen LogP contribution in [0.25, 0.3) is 6.08 Å². The van der Waals surface area contributed by atoms with E-state index in [1.54, 1.807) is 4.57 Å². The zero-order valence-corrected chi connectivity index (χ0v) is 15.1. The zero-order valence-electron chi connectivity index (χ0n) is 14.3. The second-order valence-corrected chi connectivity index (χ2v) is 7.37. The third kappa shape index (κ3) is 3.15. The van der Waals surface area contributed by atoms with Crippen molar-refractivity contribution >= 4 is 23.1 Å². The van der Waals surface area contributed by atoms with E-state index in [1.807, 2.05) is 36.4 Å². The summed E-state index contributed by atoms with van der Waals surface area (Å²) < 4.78 is 2.49. The first-order valence-corrected chi connectivity index (χ1v) is 9.06. The molecule has 4 nitrogen and oxygen atoms in total. The van der Waals surface area contributed by atoms with Crippen molar-refractivity contribution in [2.75, 3.05) is 11.6 Å². The molecule has 0 aliphatic carbocycles. The van der Waals surface area contributed by atoms with Gasteiger partial charge in [0.1, 0.15) is 13.3 Å². The molecule has 3 aromatic rings. The van der Waals surface area contributed by atoms with Crippen molar-refractivity contribution in [2.45, 2.75) is 20.5 Å². The Morgan fingerprint density at radius 1 is 1.08 bits per heavy atom. The minimum Gasteiger partial charge on any atom is -0.334 e.